The summed E-state index contributed by atoms with van der Waals surface area (Å²) in [6.45, 7) is 11.2. The molecular formula is C15H28. The van der Waals surface area contributed by atoms with E-state index in [0.717, 1.165) is 24.2 Å². The van der Waals surface area contributed by atoms with Crippen molar-refractivity contribution in [3.63, 3.8) is 0 Å². The average molecular weight is 208 g/mol. The van der Waals surface area contributed by atoms with Crippen LogP contribution in [0.3, 0.4) is 0 Å². The average Bonchev–Trinajstić information content (AvgIpc) is 2.42. The van der Waals surface area contributed by atoms with Gasteiger partial charge in [-0.05, 0) is 30.6 Å². The van der Waals surface area contributed by atoms with E-state index in [2.05, 4.69) is 27.4 Å². The summed E-state index contributed by atoms with van der Waals surface area (Å²) in [6, 6.07) is 0. The van der Waals surface area contributed by atoms with Crippen LogP contribution in [0.25, 0.3) is 0 Å². The minimum atomic E-state index is 0.744. The highest BCUT2D eigenvalue weighted by Crippen LogP contribution is 2.32. The summed E-state index contributed by atoms with van der Waals surface area (Å²) in [7, 11) is 0. The summed E-state index contributed by atoms with van der Waals surface area (Å²) in [5.74, 6) is 2.70. The van der Waals surface area contributed by atoms with Crippen LogP contribution in [0, 0.1) is 17.8 Å². The molecule has 88 valence electrons. The van der Waals surface area contributed by atoms with Crippen LogP contribution in [0.5, 0.6) is 0 Å². The zero-order valence-electron chi connectivity index (χ0n) is 10.9. The summed E-state index contributed by atoms with van der Waals surface area (Å²) in [5.41, 5.74) is 1.45. The molecule has 1 aliphatic rings. The molecule has 3 atom stereocenters. The van der Waals surface area contributed by atoms with Crippen LogP contribution in [-0.2, 0) is 0 Å². The van der Waals surface area contributed by atoms with Gasteiger partial charge in [0, 0.05) is 0 Å². The predicted molar refractivity (Wildman–Crippen MR) is 69.0 cm³/mol. The van der Waals surface area contributed by atoms with Crippen LogP contribution in [-0.4, -0.2) is 0 Å². The molecule has 1 rings (SSSR count). The van der Waals surface area contributed by atoms with Gasteiger partial charge < -0.3 is 0 Å². The van der Waals surface area contributed by atoms with E-state index in [0.29, 0.717) is 0 Å². The molecule has 0 bridgehead atoms. The molecule has 0 aliphatic heterocycles. The molecule has 0 aromatic rings. The minimum absolute atomic E-state index is 0.744. The monoisotopic (exact) mass is 208 g/mol. The Morgan fingerprint density at radius 2 is 2.00 bits per heavy atom. The van der Waals surface area contributed by atoms with E-state index >= 15 is 0 Å². The van der Waals surface area contributed by atoms with Crippen LogP contribution in [0.2, 0.25) is 0 Å². The molecule has 0 aromatic heterocycles. The Kier molecular flexibility index (Phi) is 5.42. The first-order valence-electron chi connectivity index (χ1n) is 6.81. The molecule has 0 radical (unpaired) electrons. The van der Waals surface area contributed by atoms with E-state index in [1.165, 1.54) is 44.1 Å². The first-order chi connectivity index (χ1) is 7.13. The fourth-order valence-electron chi connectivity index (χ4n) is 2.81. The highest BCUT2D eigenvalue weighted by molar-refractivity contribution is 4.98. The van der Waals surface area contributed by atoms with Gasteiger partial charge in [0.15, 0.2) is 0 Å². The lowest BCUT2D eigenvalue weighted by atomic mass is 9.85. The van der Waals surface area contributed by atoms with E-state index < -0.39 is 0 Å². The molecule has 1 aliphatic carbocycles. The Balaban J connectivity index is 2.34. The fourth-order valence-corrected chi connectivity index (χ4v) is 2.81. The quantitative estimate of drug-likeness (QED) is 0.440. The standard InChI is InChI=1S/C15H28/c1-5-13(3)14(4)11-15-8-6-7-12(2)9-10-15/h12,14-15H,3,5-11H2,1-2,4H3. The molecule has 3 unspecified atom stereocenters. The van der Waals surface area contributed by atoms with Crippen molar-refractivity contribution >= 4 is 0 Å². The molecule has 0 heterocycles. The maximum atomic E-state index is 4.18. The number of hydrogen-bond donors (Lipinski definition) is 0. The lowest BCUT2D eigenvalue weighted by molar-refractivity contribution is 0.371. The molecule has 15 heavy (non-hydrogen) atoms. The normalized spacial score (nSPS) is 29.5. The van der Waals surface area contributed by atoms with Gasteiger partial charge in [-0.15, -0.1) is 0 Å². The second-order valence-corrected chi connectivity index (χ2v) is 5.63. The number of allylic oxidation sites excluding steroid dienone is 1. The molecule has 0 saturated heterocycles. The summed E-state index contributed by atoms with van der Waals surface area (Å²) in [4.78, 5) is 0. The Hall–Kier alpha value is -0.260. The fraction of sp³-hybridized carbons (Fsp3) is 0.867. The Morgan fingerprint density at radius 1 is 1.27 bits per heavy atom. The molecule has 1 saturated carbocycles. The van der Waals surface area contributed by atoms with Crippen molar-refractivity contribution < 1.29 is 0 Å². The smallest absolute Gasteiger partial charge is 0.0232 e. The van der Waals surface area contributed by atoms with Gasteiger partial charge in [0.2, 0.25) is 0 Å². The molecule has 0 heteroatoms. The van der Waals surface area contributed by atoms with Gasteiger partial charge in [-0.1, -0.05) is 65.0 Å². The van der Waals surface area contributed by atoms with Gasteiger partial charge in [-0.2, -0.15) is 0 Å². The van der Waals surface area contributed by atoms with Crippen LogP contribution in [0.4, 0.5) is 0 Å². The molecule has 0 spiro atoms. The Morgan fingerprint density at radius 3 is 2.67 bits per heavy atom. The van der Waals surface area contributed by atoms with Crippen molar-refractivity contribution in [1.82, 2.24) is 0 Å². The first kappa shape index (κ1) is 12.8. The van der Waals surface area contributed by atoms with Gasteiger partial charge in [0.25, 0.3) is 0 Å². The van der Waals surface area contributed by atoms with Crippen LogP contribution < -0.4 is 0 Å². The second kappa shape index (κ2) is 6.35. The molecule has 0 nitrogen and oxygen atoms in total. The van der Waals surface area contributed by atoms with Gasteiger partial charge in [0.1, 0.15) is 0 Å². The first-order valence-corrected chi connectivity index (χ1v) is 6.81. The maximum absolute atomic E-state index is 4.18. The Labute approximate surface area is 96.2 Å². The highest BCUT2D eigenvalue weighted by Gasteiger charge is 2.18. The Bertz CT molecular complexity index is 192. The lowest BCUT2D eigenvalue weighted by Crippen LogP contribution is -2.07. The summed E-state index contributed by atoms with van der Waals surface area (Å²) in [6.07, 6.45) is 9.84. The lowest BCUT2D eigenvalue weighted by Gasteiger charge is -2.20. The molecule has 0 amide bonds. The van der Waals surface area contributed by atoms with Crippen LogP contribution >= 0.6 is 0 Å². The van der Waals surface area contributed by atoms with E-state index in [4.69, 9.17) is 0 Å². The van der Waals surface area contributed by atoms with Gasteiger partial charge in [-0.3, -0.25) is 0 Å². The zero-order chi connectivity index (χ0) is 11.3. The van der Waals surface area contributed by atoms with Crippen LogP contribution in [0.15, 0.2) is 12.2 Å². The third kappa shape index (κ3) is 4.40. The molecular weight excluding hydrogens is 180 g/mol. The topological polar surface area (TPSA) is 0 Å². The van der Waals surface area contributed by atoms with Crippen molar-refractivity contribution in [2.75, 3.05) is 0 Å². The van der Waals surface area contributed by atoms with E-state index in [1.807, 2.05) is 0 Å². The van der Waals surface area contributed by atoms with Crippen molar-refractivity contribution in [2.45, 2.75) is 65.7 Å². The van der Waals surface area contributed by atoms with Gasteiger partial charge >= 0.3 is 0 Å². The summed E-state index contributed by atoms with van der Waals surface area (Å²) >= 11 is 0. The van der Waals surface area contributed by atoms with Crippen molar-refractivity contribution in [1.29, 1.82) is 0 Å². The minimum Gasteiger partial charge on any atom is -0.0996 e. The SMILES string of the molecule is C=C(CC)C(C)CC1CCCC(C)CC1. The van der Waals surface area contributed by atoms with Crippen molar-refractivity contribution in [2.24, 2.45) is 17.8 Å². The number of rotatable bonds is 4. The third-order valence-electron chi connectivity index (χ3n) is 4.21. The largest absolute Gasteiger partial charge is 0.0996 e. The van der Waals surface area contributed by atoms with Crippen molar-refractivity contribution in [3.05, 3.63) is 12.2 Å². The van der Waals surface area contributed by atoms with E-state index in [-0.39, 0.29) is 0 Å². The van der Waals surface area contributed by atoms with Gasteiger partial charge in [0.05, 0.1) is 0 Å². The zero-order valence-corrected chi connectivity index (χ0v) is 10.9. The van der Waals surface area contributed by atoms with Crippen molar-refractivity contribution in [3.8, 4) is 0 Å². The second-order valence-electron chi connectivity index (χ2n) is 5.63. The predicted octanol–water partition coefficient (Wildman–Crippen LogP) is 5.20. The molecule has 0 N–H and O–H groups in total. The summed E-state index contributed by atoms with van der Waals surface area (Å²) < 4.78 is 0. The number of hydrogen-bond acceptors (Lipinski definition) is 0. The third-order valence-corrected chi connectivity index (χ3v) is 4.21. The highest BCUT2D eigenvalue weighted by atomic mass is 14.2. The molecule has 0 aromatic carbocycles. The summed E-state index contributed by atoms with van der Waals surface area (Å²) in [5, 5.41) is 0. The van der Waals surface area contributed by atoms with Gasteiger partial charge in [-0.25, -0.2) is 0 Å². The van der Waals surface area contributed by atoms with Crippen LogP contribution in [0.1, 0.15) is 65.7 Å². The van der Waals surface area contributed by atoms with E-state index in [9.17, 15) is 0 Å². The van der Waals surface area contributed by atoms with E-state index in [1.54, 1.807) is 0 Å². The maximum Gasteiger partial charge on any atom is -0.0232 e. The molecule has 1 fully saturated rings.